The standard InChI is InChI=1S/C38H52N8O4.CH2O2/c1-27(2)35-36-40-28(3)43-46(36)26-34(48)39-19-11-23-45(38(50)31-17-15-30(16-18-31)25-44-20-8-5-9-21-44)22-10-14-33(47)41-32(37(49)42-35)24-29-12-6-4-7-13-29;2-1-3/h4,6-7,12-13,15-18,27,32,35H,5,8-11,14,19-26H2,1-3H3,(H,39,48)(H,41,47)(H,42,49);1H,(H,2,3)/t32-,35?;/m1./s1. The molecule has 3 aromatic rings. The lowest BCUT2D eigenvalue weighted by Gasteiger charge is -2.27. The van der Waals surface area contributed by atoms with Gasteiger partial charge in [-0.2, -0.15) is 5.10 Å². The van der Waals surface area contributed by atoms with Gasteiger partial charge in [0.1, 0.15) is 18.4 Å². The Morgan fingerprint density at radius 3 is 2.25 bits per heavy atom. The predicted molar refractivity (Wildman–Crippen MR) is 200 cm³/mol. The number of aryl methyl sites for hydroxylation is 1. The van der Waals surface area contributed by atoms with E-state index in [0.29, 0.717) is 56.1 Å². The fourth-order valence-corrected chi connectivity index (χ4v) is 6.67. The minimum atomic E-state index is -0.841. The van der Waals surface area contributed by atoms with Crippen molar-refractivity contribution in [3.05, 3.63) is 82.9 Å². The first kappa shape index (κ1) is 40.7. The molecule has 0 aliphatic carbocycles. The molecule has 4 N–H and O–H groups in total. The van der Waals surface area contributed by atoms with Crippen LogP contribution in [-0.4, -0.2) is 98.5 Å². The van der Waals surface area contributed by atoms with Gasteiger partial charge in [-0.1, -0.05) is 62.7 Å². The summed E-state index contributed by atoms with van der Waals surface area (Å²) in [5.74, 6) is -0.0605. The smallest absolute Gasteiger partial charge is 0.290 e. The minimum Gasteiger partial charge on any atom is -0.483 e. The molecule has 53 heavy (non-hydrogen) atoms. The number of fused-ring (bicyclic) bond motifs is 1. The fraction of sp³-hybridized carbons (Fsp3) is 0.513. The van der Waals surface area contributed by atoms with Gasteiger partial charge in [-0.05, 0) is 74.9 Å². The molecule has 2 atom stereocenters. The van der Waals surface area contributed by atoms with Crippen molar-refractivity contribution in [3.63, 3.8) is 0 Å². The lowest BCUT2D eigenvalue weighted by Crippen LogP contribution is -2.50. The zero-order chi connectivity index (χ0) is 38.2. The van der Waals surface area contributed by atoms with E-state index in [-0.39, 0.29) is 49.0 Å². The number of nitrogens with zero attached hydrogens (tertiary/aromatic N) is 5. The van der Waals surface area contributed by atoms with E-state index in [2.05, 4.69) is 30.9 Å². The van der Waals surface area contributed by atoms with E-state index in [4.69, 9.17) is 9.90 Å². The SMILES string of the molecule is Cc1nc2n(n1)CC(=O)NCCCN(C(=O)c1ccc(CN3CCCCC3)cc1)CCCC(=O)N[C@H](Cc1ccccc1)C(=O)NC2C(C)C.O=CO. The molecule has 1 saturated heterocycles. The summed E-state index contributed by atoms with van der Waals surface area (Å²) in [7, 11) is 0. The van der Waals surface area contributed by atoms with Crippen molar-refractivity contribution in [2.24, 2.45) is 5.92 Å². The lowest BCUT2D eigenvalue weighted by atomic mass is 10.0. The molecule has 0 bridgehead atoms. The van der Waals surface area contributed by atoms with Gasteiger partial charge in [0.05, 0.1) is 6.04 Å². The van der Waals surface area contributed by atoms with E-state index in [0.717, 1.165) is 25.2 Å². The molecular formula is C39H54N8O6. The van der Waals surface area contributed by atoms with Gasteiger partial charge in [-0.15, -0.1) is 0 Å². The van der Waals surface area contributed by atoms with Gasteiger partial charge in [-0.3, -0.25) is 28.9 Å². The zero-order valence-electron chi connectivity index (χ0n) is 31.1. The van der Waals surface area contributed by atoms with Gasteiger partial charge in [0, 0.05) is 44.6 Å². The van der Waals surface area contributed by atoms with E-state index in [1.165, 1.54) is 29.5 Å². The third kappa shape index (κ3) is 12.8. The average Bonchev–Trinajstić information content (AvgIpc) is 3.50. The molecule has 1 fully saturated rings. The Morgan fingerprint density at radius 1 is 0.887 bits per heavy atom. The molecule has 5 rings (SSSR count). The predicted octanol–water partition coefficient (Wildman–Crippen LogP) is 3.26. The Kier molecular flexibility index (Phi) is 16.0. The summed E-state index contributed by atoms with van der Waals surface area (Å²) in [6.07, 6.45) is 5.16. The van der Waals surface area contributed by atoms with Crippen molar-refractivity contribution in [1.29, 1.82) is 0 Å². The van der Waals surface area contributed by atoms with Gasteiger partial charge < -0.3 is 26.0 Å². The number of carboxylic acid groups (broad SMARTS) is 1. The Labute approximate surface area is 311 Å². The second-order valence-corrected chi connectivity index (χ2v) is 14.0. The van der Waals surface area contributed by atoms with Crippen LogP contribution in [0.5, 0.6) is 0 Å². The number of rotatable bonds is 6. The Bertz CT molecular complexity index is 1640. The largest absolute Gasteiger partial charge is 0.483 e. The van der Waals surface area contributed by atoms with Gasteiger partial charge in [0.2, 0.25) is 17.7 Å². The highest BCUT2D eigenvalue weighted by atomic mass is 16.3. The zero-order valence-corrected chi connectivity index (χ0v) is 31.1. The number of likely N-dealkylation sites (tertiary alicyclic amines) is 1. The molecule has 1 unspecified atom stereocenters. The van der Waals surface area contributed by atoms with Crippen LogP contribution in [0.2, 0.25) is 0 Å². The summed E-state index contributed by atoms with van der Waals surface area (Å²) in [6, 6.07) is 16.0. The van der Waals surface area contributed by atoms with E-state index in [1.54, 1.807) is 11.8 Å². The summed E-state index contributed by atoms with van der Waals surface area (Å²) in [5, 5.41) is 20.4. The Hall–Kier alpha value is -5.11. The monoisotopic (exact) mass is 730 g/mol. The van der Waals surface area contributed by atoms with Crippen LogP contribution in [0.25, 0.3) is 0 Å². The summed E-state index contributed by atoms with van der Waals surface area (Å²) >= 11 is 0. The van der Waals surface area contributed by atoms with Crippen LogP contribution in [-0.2, 0) is 38.7 Å². The summed E-state index contributed by atoms with van der Waals surface area (Å²) in [4.78, 5) is 71.2. The summed E-state index contributed by atoms with van der Waals surface area (Å²) in [6.45, 7) is 9.60. The summed E-state index contributed by atoms with van der Waals surface area (Å²) < 4.78 is 1.54. The number of amides is 4. The lowest BCUT2D eigenvalue weighted by molar-refractivity contribution is -0.129. The summed E-state index contributed by atoms with van der Waals surface area (Å²) in [5.41, 5.74) is 2.68. The molecular weight excluding hydrogens is 676 g/mol. The number of carbonyl (C=O) groups is 5. The number of aromatic nitrogens is 3. The topological polar surface area (TPSA) is 179 Å². The highest BCUT2D eigenvalue weighted by Crippen LogP contribution is 2.21. The Morgan fingerprint density at radius 2 is 1.57 bits per heavy atom. The molecule has 0 radical (unpaired) electrons. The molecule has 14 nitrogen and oxygen atoms in total. The second kappa shape index (κ2) is 20.8. The van der Waals surface area contributed by atoms with Crippen LogP contribution in [0.1, 0.15) is 91.5 Å². The van der Waals surface area contributed by atoms with Gasteiger partial charge in [0.15, 0.2) is 5.82 Å². The van der Waals surface area contributed by atoms with Crippen LogP contribution in [0.15, 0.2) is 54.6 Å². The van der Waals surface area contributed by atoms with Crippen LogP contribution in [0.4, 0.5) is 0 Å². The highest BCUT2D eigenvalue weighted by Gasteiger charge is 2.30. The normalized spacial score (nSPS) is 19.7. The quantitative estimate of drug-likeness (QED) is 0.277. The molecule has 286 valence electrons. The van der Waals surface area contributed by atoms with Crippen molar-refractivity contribution in [3.8, 4) is 0 Å². The van der Waals surface area contributed by atoms with Crippen molar-refractivity contribution < 1.29 is 29.1 Å². The van der Waals surface area contributed by atoms with Crippen molar-refractivity contribution in [2.45, 2.75) is 90.9 Å². The van der Waals surface area contributed by atoms with Gasteiger partial charge >= 0.3 is 0 Å². The minimum absolute atomic E-state index is 0.0636. The molecule has 2 aliphatic heterocycles. The number of hydrogen-bond acceptors (Lipinski definition) is 8. The molecule has 1 aromatic heterocycles. The molecule has 2 aliphatic rings. The number of piperidine rings is 1. The van der Waals surface area contributed by atoms with Crippen LogP contribution in [0, 0.1) is 12.8 Å². The maximum atomic E-state index is 13.9. The van der Waals surface area contributed by atoms with Crippen LogP contribution < -0.4 is 16.0 Å². The van der Waals surface area contributed by atoms with Crippen molar-refractivity contribution in [1.82, 2.24) is 40.5 Å². The Balaban J connectivity index is 0.00000202. The molecule has 0 spiro atoms. The highest BCUT2D eigenvalue weighted by molar-refractivity contribution is 5.94. The maximum Gasteiger partial charge on any atom is 0.290 e. The molecule has 3 heterocycles. The van der Waals surface area contributed by atoms with E-state index < -0.39 is 12.1 Å². The number of nitrogens with one attached hydrogen (secondary N) is 3. The van der Waals surface area contributed by atoms with Crippen LogP contribution >= 0.6 is 0 Å². The second-order valence-electron chi connectivity index (χ2n) is 14.0. The first-order chi connectivity index (χ1) is 25.6. The van der Waals surface area contributed by atoms with E-state index in [9.17, 15) is 19.2 Å². The van der Waals surface area contributed by atoms with Crippen LogP contribution in [0.3, 0.4) is 0 Å². The third-order valence-electron chi connectivity index (χ3n) is 9.38. The first-order valence-corrected chi connectivity index (χ1v) is 18.6. The molecule has 2 aromatic carbocycles. The molecule has 14 heteroatoms. The first-order valence-electron chi connectivity index (χ1n) is 18.6. The number of hydrogen-bond donors (Lipinski definition) is 4. The van der Waals surface area contributed by atoms with E-state index in [1.807, 2.05) is 68.4 Å². The van der Waals surface area contributed by atoms with Gasteiger partial charge in [0.25, 0.3) is 12.4 Å². The number of carbonyl (C=O) groups excluding carboxylic acids is 4. The van der Waals surface area contributed by atoms with E-state index >= 15 is 0 Å². The molecule has 4 amide bonds. The van der Waals surface area contributed by atoms with Crippen molar-refractivity contribution >= 4 is 30.1 Å². The average molecular weight is 731 g/mol. The third-order valence-corrected chi connectivity index (χ3v) is 9.38. The maximum absolute atomic E-state index is 13.9. The van der Waals surface area contributed by atoms with Crippen molar-refractivity contribution in [2.75, 3.05) is 32.7 Å². The van der Waals surface area contributed by atoms with Gasteiger partial charge in [-0.25, -0.2) is 9.67 Å². The fourth-order valence-electron chi connectivity index (χ4n) is 6.67. The molecule has 0 saturated carbocycles. The number of benzene rings is 2.